The Labute approximate surface area is 169 Å². The molecule has 29 heavy (non-hydrogen) atoms. The molecule has 1 saturated heterocycles. The van der Waals surface area contributed by atoms with Crippen LogP contribution in [0, 0.1) is 5.92 Å². The summed E-state index contributed by atoms with van der Waals surface area (Å²) in [6.07, 6.45) is 2.12. The average Bonchev–Trinajstić information content (AvgIpc) is 2.75. The summed E-state index contributed by atoms with van der Waals surface area (Å²) >= 11 is 0. The van der Waals surface area contributed by atoms with Gasteiger partial charge in [-0.2, -0.15) is 9.78 Å². The molecule has 1 aromatic heterocycles. The van der Waals surface area contributed by atoms with Crippen LogP contribution in [0.2, 0.25) is 0 Å². The van der Waals surface area contributed by atoms with Crippen molar-refractivity contribution in [3.05, 3.63) is 64.6 Å². The van der Waals surface area contributed by atoms with Crippen LogP contribution in [-0.4, -0.2) is 40.3 Å². The molecular weight excluding hydrogens is 366 g/mol. The highest BCUT2D eigenvalue weighted by Crippen LogP contribution is 2.22. The molecule has 1 aliphatic rings. The van der Waals surface area contributed by atoms with Gasteiger partial charge in [-0.1, -0.05) is 25.1 Å². The minimum atomic E-state index is -0.242. The van der Waals surface area contributed by atoms with Gasteiger partial charge in [0.1, 0.15) is 5.75 Å². The van der Waals surface area contributed by atoms with Crippen LogP contribution in [0.25, 0.3) is 16.5 Å². The summed E-state index contributed by atoms with van der Waals surface area (Å²) in [7, 11) is 0. The Bertz CT molecular complexity index is 1090. The topological polar surface area (TPSA) is 64.4 Å². The van der Waals surface area contributed by atoms with Crippen LogP contribution in [-0.2, 0) is 0 Å². The van der Waals surface area contributed by atoms with Crippen molar-refractivity contribution in [2.45, 2.75) is 26.7 Å². The summed E-state index contributed by atoms with van der Waals surface area (Å²) in [5.74, 6) is 1.08. The molecule has 1 atom stereocenters. The van der Waals surface area contributed by atoms with Gasteiger partial charge >= 0.3 is 0 Å². The molecule has 3 aromatic rings. The number of piperidine rings is 1. The van der Waals surface area contributed by atoms with Crippen molar-refractivity contribution in [2.24, 2.45) is 5.92 Å². The van der Waals surface area contributed by atoms with Gasteiger partial charge in [0.25, 0.3) is 11.5 Å². The Morgan fingerprint density at radius 1 is 1.14 bits per heavy atom. The Hall–Kier alpha value is -3.15. The molecule has 150 valence electrons. The van der Waals surface area contributed by atoms with E-state index in [4.69, 9.17) is 4.74 Å². The first-order valence-electron chi connectivity index (χ1n) is 10.1. The normalized spacial score (nSPS) is 16.8. The number of aromatic nitrogens is 2. The first-order valence-corrected chi connectivity index (χ1v) is 10.1. The van der Waals surface area contributed by atoms with Crippen LogP contribution >= 0.6 is 0 Å². The standard InChI is InChI=1S/C23H25N3O3/c1-3-29-18-12-10-17(11-13-18)26-22(27)20-9-5-4-8-19(20)21(24-26)23(28)25-14-6-7-16(2)15-25/h4-5,8-13,16H,3,6-7,14-15H2,1-2H3/t16-/m0/s1. The molecule has 0 N–H and O–H groups in total. The van der Waals surface area contributed by atoms with Crippen molar-refractivity contribution >= 4 is 16.7 Å². The maximum Gasteiger partial charge on any atom is 0.279 e. The van der Waals surface area contributed by atoms with E-state index in [9.17, 15) is 9.59 Å². The third kappa shape index (κ3) is 3.75. The second kappa shape index (κ2) is 8.07. The quantitative estimate of drug-likeness (QED) is 0.681. The second-order valence-corrected chi connectivity index (χ2v) is 7.54. The van der Waals surface area contributed by atoms with Gasteiger partial charge < -0.3 is 9.64 Å². The van der Waals surface area contributed by atoms with E-state index in [0.717, 1.165) is 31.7 Å². The monoisotopic (exact) mass is 391 g/mol. The van der Waals surface area contributed by atoms with Gasteiger partial charge in [0.05, 0.1) is 17.7 Å². The highest BCUT2D eigenvalue weighted by Gasteiger charge is 2.26. The van der Waals surface area contributed by atoms with Crippen molar-refractivity contribution in [2.75, 3.05) is 19.7 Å². The summed E-state index contributed by atoms with van der Waals surface area (Å²) < 4.78 is 6.80. The number of ether oxygens (including phenoxy) is 1. The smallest absolute Gasteiger partial charge is 0.279 e. The number of likely N-dealkylation sites (tertiary alicyclic amines) is 1. The third-order valence-electron chi connectivity index (χ3n) is 5.34. The molecule has 6 nitrogen and oxygen atoms in total. The maximum absolute atomic E-state index is 13.3. The highest BCUT2D eigenvalue weighted by atomic mass is 16.5. The molecule has 4 rings (SSSR count). The molecule has 1 aliphatic heterocycles. The Morgan fingerprint density at radius 3 is 2.55 bits per heavy atom. The van der Waals surface area contributed by atoms with Crippen LogP contribution < -0.4 is 10.3 Å². The molecule has 0 radical (unpaired) electrons. The fraction of sp³-hybridized carbons (Fsp3) is 0.348. The predicted octanol–water partition coefficient (Wildman–Crippen LogP) is 3.66. The van der Waals surface area contributed by atoms with E-state index in [1.807, 2.05) is 24.0 Å². The summed E-state index contributed by atoms with van der Waals surface area (Å²) in [6, 6.07) is 14.4. The van der Waals surface area contributed by atoms with Gasteiger partial charge in [0.15, 0.2) is 5.69 Å². The van der Waals surface area contributed by atoms with E-state index >= 15 is 0 Å². The lowest BCUT2D eigenvalue weighted by atomic mass is 9.99. The minimum absolute atomic E-state index is 0.118. The number of benzene rings is 2. The zero-order valence-electron chi connectivity index (χ0n) is 16.8. The number of hydrogen-bond donors (Lipinski definition) is 0. The number of amides is 1. The van der Waals surface area contributed by atoms with E-state index in [0.29, 0.717) is 34.7 Å². The molecule has 1 amide bonds. The lowest BCUT2D eigenvalue weighted by Crippen LogP contribution is -2.40. The lowest BCUT2D eigenvalue weighted by molar-refractivity contribution is 0.0677. The molecule has 1 fully saturated rings. The average molecular weight is 391 g/mol. The number of carbonyl (C=O) groups is 1. The Balaban J connectivity index is 1.83. The molecule has 0 spiro atoms. The van der Waals surface area contributed by atoms with Gasteiger partial charge in [0.2, 0.25) is 0 Å². The number of carbonyl (C=O) groups excluding carboxylic acids is 1. The largest absolute Gasteiger partial charge is 0.494 e. The molecule has 2 aromatic carbocycles. The summed E-state index contributed by atoms with van der Waals surface area (Å²) in [6.45, 7) is 6.09. The van der Waals surface area contributed by atoms with Crippen molar-refractivity contribution < 1.29 is 9.53 Å². The zero-order valence-corrected chi connectivity index (χ0v) is 16.8. The minimum Gasteiger partial charge on any atom is -0.494 e. The number of hydrogen-bond acceptors (Lipinski definition) is 4. The van der Waals surface area contributed by atoms with E-state index in [1.54, 1.807) is 36.4 Å². The third-order valence-corrected chi connectivity index (χ3v) is 5.34. The maximum atomic E-state index is 13.3. The summed E-state index contributed by atoms with van der Waals surface area (Å²) in [5, 5.41) is 5.61. The van der Waals surface area contributed by atoms with Crippen LogP contribution in [0.4, 0.5) is 0 Å². The first-order chi connectivity index (χ1) is 14.1. The SMILES string of the molecule is CCOc1ccc(-n2nc(C(=O)N3CCC[C@H](C)C3)c3ccccc3c2=O)cc1. The van der Waals surface area contributed by atoms with Gasteiger partial charge in [-0.05, 0) is 56.0 Å². The van der Waals surface area contributed by atoms with Gasteiger partial charge in [-0.3, -0.25) is 9.59 Å². The molecule has 0 bridgehead atoms. The molecule has 0 aliphatic carbocycles. The lowest BCUT2D eigenvalue weighted by Gasteiger charge is -2.31. The Morgan fingerprint density at radius 2 is 1.86 bits per heavy atom. The van der Waals surface area contributed by atoms with Gasteiger partial charge in [-0.25, -0.2) is 0 Å². The number of rotatable bonds is 4. The molecule has 0 unspecified atom stereocenters. The van der Waals surface area contributed by atoms with Gasteiger partial charge in [0, 0.05) is 18.5 Å². The highest BCUT2D eigenvalue weighted by molar-refractivity contribution is 6.04. The second-order valence-electron chi connectivity index (χ2n) is 7.54. The van der Waals surface area contributed by atoms with Crippen molar-refractivity contribution in [3.63, 3.8) is 0 Å². The number of nitrogens with zero attached hydrogens (tertiary/aromatic N) is 3. The van der Waals surface area contributed by atoms with Crippen molar-refractivity contribution in [1.82, 2.24) is 14.7 Å². The van der Waals surface area contributed by atoms with E-state index in [1.165, 1.54) is 4.68 Å². The Kier molecular flexibility index (Phi) is 5.34. The summed E-state index contributed by atoms with van der Waals surface area (Å²) in [5.41, 5.74) is 0.682. The van der Waals surface area contributed by atoms with Gasteiger partial charge in [-0.15, -0.1) is 0 Å². The first kappa shape index (κ1) is 19.2. The fourth-order valence-electron chi connectivity index (χ4n) is 3.90. The van der Waals surface area contributed by atoms with Crippen LogP contribution in [0.5, 0.6) is 5.75 Å². The fourth-order valence-corrected chi connectivity index (χ4v) is 3.90. The van der Waals surface area contributed by atoms with Crippen molar-refractivity contribution in [3.8, 4) is 11.4 Å². The molecular formula is C23H25N3O3. The predicted molar refractivity (Wildman–Crippen MR) is 113 cm³/mol. The zero-order chi connectivity index (χ0) is 20.4. The molecule has 6 heteroatoms. The van der Waals surface area contributed by atoms with E-state index in [2.05, 4.69) is 12.0 Å². The van der Waals surface area contributed by atoms with Crippen molar-refractivity contribution in [1.29, 1.82) is 0 Å². The van der Waals surface area contributed by atoms with E-state index in [-0.39, 0.29) is 11.5 Å². The van der Waals surface area contributed by atoms with Crippen LogP contribution in [0.3, 0.4) is 0 Å². The number of fused-ring (bicyclic) bond motifs is 1. The van der Waals surface area contributed by atoms with Crippen LogP contribution in [0.1, 0.15) is 37.2 Å². The van der Waals surface area contributed by atoms with Crippen LogP contribution in [0.15, 0.2) is 53.3 Å². The van der Waals surface area contributed by atoms with E-state index < -0.39 is 0 Å². The summed E-state index contributed by atoms with van der Waals surface area (Å²) in [4.78, 5) is 28.3. The molecule has 2 heterocycles. The molecule has 0 saturated carbocycles.